The van der Waals surface area contributed by atoms with E-state index < -0.39 is 0 Å². The smallest absolute Gasteiger partial charge is 0.0626 e. The number of fused-ring (bicyclic) bond motifs is 7. The summed E-state index contributed by atoms with van der Waals surface area (Å²) in [6.45, 7) is 10.1. The molecule has 6 rings (SSSR count). The van der Waals surface area contributed by atoms with E-state index in [1.54, 1.807) is 5.57 Å². The van der Waals surface area contributed by atoms with E-state index in [1.165, 1.54) is 58.0 Å². The number of rotatable bonds is 0. The molecule has 3 nitrogen and oxygen atoms in total. The second-order valence-electron chi connectivity index (χ2n) is 12.6. The zero-order valence-corrected chi connectivity index (χ0v) is 19.4. The summed E-state index contributed by atoms with van der Waals surface area (Å²) < 4.78 is 0. The molecule has 2 heterocycles. The molecule has 6 aliphatic rings. The highest BCUT2D eigenvalue weighted by molar-refractivity contribution is 5.34. The number of aliphatic hydroxyl groups is 2. The fourth-order valence-corrected chi connectivity index (χ4v) is 9.86. The number of allylic oxidation sites excluding steroid dienone is 2. The topological polar surface area (TPSA) is 43.7 Å². The van der Waals surface area contributed by atoms with Crippen molar-refractivity contribution in [2.75, 3.05) is 13.1 Å². The lowest BCUT2D eigenvalue weighted by molar-refractivity contribution is -0.124. The molecule has 11 atom stereocenters. The number of hydrogen-bond acceptors (Lipinski definition) is 3. The van der Waals surface area contributed by atoms with Crippen molar-refractivity contribution in [3.63, 3.8) is 0 Å². The van der Waals surface area contributed by atoms with Crippen LogP contribution >= 0.6 is 0 Å². The van der Waals surface area contributed by atoms with E-state index in [0.717, 1.165) is 42.1 Å². The Kier molecular flexibility index (Phi) is 4.76. The first-order valence-corrected chi connectivity index (χ1v) is 13.2. The van der Waals surface area contributed by atoms with Crippen LogP contribution in [-0.2, 0) is 0 Å². The highest BCUT2D eigenvalue weighted by Crippen LogP contribution is 2.64. The van der Waals surface area contributed by atoms with Crippen LogP contribution in [0.15, 0.2) is 11.1 Å². The maximum absolute atomic E-state index is 11.2. The van der Waals surface area contributed by atoms with E-state index >= 15 is 0 Å². The Labute approximate surface area is 183 Å². The average molecular weight is 414 g/mol. The molecule has 0 amide bonds. The van der Waals surface area contributed by atoms with E-state index in [0.29, 0.717) is 18.3 Å². The number of nitrogens with zero attached hydrogens (tertiary/aromatic N) is 1. The first-order chi connectivity index (χ1) is 14.4. The molecule has 0 aromatic heterocycles. The molecular formula is C27H43NO2. The molecule has 3 heteroatoms. The fourth-order valence-electron chi connectivity index (χ4n) is 9.86. The van der Waals surface area contributed by atoms with E-state index in [1.807, 2.05) is 5.57 Å². The highest BCUT2D eigenvalue weighted by atomic mass is 16.3. The van der Waals surface area contributed by atoms with E-state index in [-0.39, 0.29) is 17.6 Å². The van der Waals surface area contributed by atoms with Crippen LogP contribution in [0.3, 0.4) is 0 Å². The van der Waals surface area contributed by atoms with Gasteiger partial charge in [0, 0.05) is 24.5 Å². The normalized spacial score (nSPS) is 55.9. The minimum Gasteiger partial charge on any atom is -0.393 e. The average Bonchev–Trinajstić information content (AvgIpc) is 3.09. The lowest BCUT2D eigenvalue weighted by Crippen LogP contribution is -2.58. The van der Waals surface area contributed by atoms with Gasteiger partial charge in [-0.1, -0.05) is 31.9 Å². The molecule has 0 spiro atoms. The summed E-state index contributed by atoms with van der Waals surface area (Å²) in [5, 5.41) is 21.5. The van der Waals surface area contributed by atoms with Gasteiger partial charge in [0.2, 0.25) is 0 Å². The number of piperidine rings is 2. The molecule has 0 aromatic carbocycles. The molecule has 5 fully saturated rings. The van der Waals surface area contributed by atoms with Crippen LogP contribution in [-0.4, -0.2) is 46.5 Å². The molecule has 2 N–H and O–H groups in total. The Morgan fingerprint density at radius 2 is 1.67 bits per heavy atom. The lowest BCUT2D eigenvalue weighted by atomic mass is 9.52. The predicted molar refractivity (Wildman–Crippen MR) is 120 cm³/mol. The molecule has 0 aromatic rings. The van der Waals surface area contributed by atoms with Gasteiger partial charge in [-0.25, -0.2) is 0 Å². The SMILES string of the molecule is C[C@@H]1CC[C@H]2[C@H](C)[C@H]3CCC4=C5CC[C@H]6C[C@@H](O)C[C@H](O)[C@]6(C)[C@H]5C[C@H]4[C@@H]3CN2C1. The van der Waals surface area contributed by atoms with Gasteiger partial charge in [0.25, 0.3) is 0 Å². The van der Waals surface area contributed by atoms with Crippen molar-refractivity contribution in [2.24, 2.45) is 46.8 Å². The van der Waals surface area contributed by atoms with Crippen molar-refractivity contribution in [3.8, 4) is 0 Å². The van der Waals surface area contributed by atoms with Gasteiger partial charge in [0.1, 0.15) is 0 Å². The summed E-state index contributed by atoms with van der Waals surface area (Å²) in [4.78, 5) is 2.89. The van der Waals surface area contributed by atoms with Gasteiger partial charge in [-0.05, 0) is 99.2 Å². The third kappa shape index (κ3) is 2.73. The van der Waals surface area contributed by atoms with Gasteiger partial charge in [0.15, 0.2) is 0 Å². The largest absolute Gasteiger partial charge is 0.393 e. The zero-order valence-electron chi connectivity index (χ0n) is 19.4. The highest BCUT2D eigenvalue weighted by Gasteiger charge is 2.59. The van der Waals surface area contributed by atoms with Gasteiger partial charge in [-0.3, -0.25) is 4.90 Å². The van der Waals surface area contributed by atoms with Crippen molar-refractivity contribution >= 4 is 0 Å². The van der Waals surface area contributed by atoms with Crippen LogP contribution in [0.4, 0.5) is 0 Å². The third-order valence-electron chi connectivity index (χ3n) is 11.4. The minimum atomic E-state index is -0.333. The summed E-state index contributed by atoms with van der Waals surface area (Å²) in [7, 11) is 0. The molecule has 2 saturated heterocycles. The van der Waals surface area contributed by atoms with Crippen LogP contribution < -0.4 is 0 Å². The molecule has 3 saturated carbocycles. The number of aliphatic hydroxyl groups excluding tert-OH is 2. The van der Waals surface area contributed by atoms with Crippen molar-refractivity contribution < 1.29 is 10.2 Å². The Hall–Kier alpha value is -0.380. The Balaban J connectivity index is 1.31. The van der Waals surface area contributed by atoms with Crippen molar-refractivity contribution in [2.45, 2.75) is 96.8 Å². The van der Waals surface area contributed by atoms with Crippen molar-refractivity contribution in [3.05, 3.63) is 11.1 Å². The van der Waals surface area contributed by atoms with Crippen LogP contribution in [0, 0.1) is 46.8 Å². The Bertz CT molecular complexity index is 730. The zero-order chi connectivity index (χ0) is 20.8. The summed E-state index contributed by atoms with van der Waals surface area (Å²) in [6.07, 6.45) is 10.2. The molecule has 30 heavy (non-hydrogen) atoms. The van der Waals surface area contributed by atoms with Crippen LogP contribution in [0.25, 0.3) is 0 Å². The van der Waals surface area contributed by atoms with Crippen LogP contribution in [0.5, 0.6) is 0 Å². The summed E-state index contributed by atoms with van der Waals surface area (Å²) in [6, 6.07) is 0.837. The molecule has 0 bridgehead atoms. The Morgan fingerprint density at radius 3 is 2.50 bits per heavy atom. The van der Waals surface area contributed by atoms with E-state index in [9.17, 15) is 10.2 Å². The number of hydrogen-bond donors (Lipinski definition) is 2. The van der Waals surface area contributed by atoms with Gasteiger partial charge in [-0.2, -0.15) is 0 Å². The molecular weight excluding hydrogens is 370 g/mol. The molecule has 0 radical (unpaired) electrons. The van der Waals surface area contributed by atoms with Crippen LogP contribution in [0.1, 0.15) is 78.6 Å². The third-order valence-corrected chi connectivity index (χ3v) is 11.4. The second-order valence-corrected chi connectivity index (χ2v) is 12.6. The minimum absolute atomic E-state index is 0.00485. The molecule has 4 aliphatic carbocycles. The van der Waals surface area contributed by atoms with Crippen molar-refractivity contribution in [1.82, 2.24) is 4.90 Å². The standard InChI is InChI=1S/C27H43NO2/c1-15-4-9-25-16(2)19-7-8-20-21-6-5-17-10-18(29)11-26(30)27(17,3)24(21)12-22(20)23(19)14-28(25)13-15/h15-19,22-26,29-30H,4-14H2,1-3H3/t15-,16-,17+,18-,19-,22-,23-,24+,25+,26+,27+/m1/s1. The van der Waals surface area contributed by atoms with Gasteiger partial charge in [0.05, 0.1) is 12.2 Å². The quantitative estimate of drug-likeness (QED) is 0.569. The Morgan fingerprint density at radius 1 is 0.867 bits per heavy atom. The van der Waals surface area contributed by atoms with Crippen molar-refractivity contribution in [1.29, 1.82) is 0 Å². The molecule has 168 valence electrons. The maximum Gasteiger partial charge on any atom is 0.0626 e. The van der Waals surface area contributed by atoms with Gasteiger partial charge < -0.3 is 10.2 Å². The molecule has 0 unspecified atom stereocenters. The van der Waals surface area contributed by atoms with Crippen LogP contribution in [0.2, 0.25) is 0 Å². The summed E-state index contributed by atoms with van der Waals surface area (Å²) in [5.74, 6) is 5.32. The lowest BCUT2D eigenvalue weighted by Gasteiger charge is -2.55. The summed E-state index contributed by atoms with van der Waals surface area (Å²) >= 11 is 0. The van der Waals surface area contributed by atoms with E-state index in [2.05, 4.69) is 25.7 Å². The predicted octanol–water partition coefficient (Wildman–Crippen LogP) is 4.63. The monoisotopic (exact) mass is 413 g/mol. The fraction of sp³-hybridized carbons (Fsp3) is 0.926. The van der Waals surface area contributed by atoms with Gasteiger partial charge >= 0.3 is 0 Å². The maximum atomic E-state index is 11.2. The second kappa shape index (κ2) is 7.06. The molecule has 2 aliphatic heterocycles. The summed E-state index contributed by atoms with van der Waals surface area (Å²) in [5.41, 5.74) is 3.61. The van der Waals surface area contributed by atoms with E-state index in [4.69, 9.17) is 0 Å². The first kappa shape index (κ1) is 20.2. The van der Waals surface area contributed by atoms with Gasteiger partial charge in [-0.15, -0.1) is 0 Å². The first-order valence-electron chi connectivity index (χ1n) is 13.2.